The van der Waals surface area contributed by atoms with Crippen LogP contribution >= 0.6 is 0 Å². The van der Waals surface area contributed by atoms with Gasteiger partial charge in [-0.3, -0.25) is 10.1 Å². The molecule has 0 bridgehead atoms. The predicted molar refractivity (Wildman–Crippen MR) is 82.5 cm³/mol. The van der Waals surface area contributed by atoms with Gasteiger partial charge in [0.15, 0.2) is 23.1 Å². The molecule has 1 N–H and O–H groups in total. The van der Waals surface area contributed by atoms with Gasteiger partial charge < -0.3 is 14.2 Å². The number of benzene rings is 1. The van der Waals surface area contributed by atoms with Crippen LogP contribution in [0.25, 0.3) is 22.9 Å². The zero-order valence-corrected chi connectivity index (χ0v) is 12.9. The summed E-state index contributed by atoms with van der Waals surface area (Å²) in [6.45, 7) is 0. The van der Waals surface area contributed by atoms with Gasteiger partial charge in [0.2, 0.25) is 5.75 Å². The molecular formula is C15H15N5O3. The molecule has 1 aromatic carbocycles. The van der Waals surface area contributed by atoms with Crippen LogP contribution in [0.15, 0.2) is 30.7 Å². The van der Waals surface area contributed by atoms with Crippen LogP contribution in [0.4, 0.5) is 0 Å². The second-order valence-corrected chi connectivity index (χ2v) is 4.51. The fraction of sp³-hybridized carbons (Fsp3) is 0.200. The number of ether oxygens (including phenoxy) is 3. The lowest BCUT2D eigenvalue weighted by molar-refractivity contribution is 0.324. The molecule has 118 valence electrons. The largest absolute Gasteiger partial charge is 0.493 e. The SMILES string of the molecule is COc1cc(-c2n[nH]c(-c3cnccn3)n2)cc(OC)c1OC. The molecule has 0 aliphatic heterocycles. The Kier molecular flexibility index (Phi) is 4.05. The summed E-state index contributed by atoms with van der Waals surface area (Å²) in [6, 6.07) is 3.57. The summed E-state index contributed by atoms with van der Waals surface area (Å²) < 4.78 is 16.0. The Bertz CT molecular complexity index is 779. The number of hydrogen-bond donors (Lipinski definition) is 1. The molecular weight excluding hydrogens is 298 g/mol. The van der Waals surface area contributed by atoms with Crippen LogP contribution < -0.4 is 14.2 Å². The number of hydrogen-bond acceptors (Lipinski definition) is 7. The first-order chi connectivity index (χ1) is 11.3. The van der Waals surface area contributed by atoms with Gasteiger partial charge in [-0.15, -0.1) is 0 Å². The second kappa shape index (κ2) is 6.30. The second-order valence-electron chi connectivity index (χ2n) is 4.51. The number of rotatable bonds is 5. The van der Waals surface area contributed by atoms with Gasteiger partial charge in [0.1, 0.15) is 5.69 Å². The van der Waals surface area contributed by atoms with Crippen molar-refractivity contribution in [2.75, 3.05) is 21.3 Å². The molecule has 3 rings (SSSR count). The van der Waals surface area contributed by atoms with Gasteiger partial charge in [0.05, 0.1) is 27.5 Å². The third-order valence-corrected chi connectivity index (χ3v) is 3.21. The highest BCUT2D eigenvalue weighted by molar-refractivity contribution is 5.67. The van der Waals surface area contributed by atoms with Gasteiger partial charge in [-0.25, -0.2) is 9.97 Å². The van der Waals surface area contributed by atoms with Crippen LogP contribution in [-0.2, 0) is 0 Å². The van der Waals surface area contributed by atoms with Gasteiger partial charge in [-0.2, -0.15) is 5.10 Å². The molecule has 0 aliphatic carbocycles. The van der Waals surface area contributed by atoms with E-state index in [1.54, 1.807) is 52.1 Å². The highest BCUT2D eigenvalue weighted by atomic mass is 16.5. The van der Waals surface area contributed by atoms with E-state index >= 15 is 0 Å². The zero-order valence-electron chi connectivity index (χ0n) is 12.9. The Labute approximate surface area is 132 Å². The van der Waals surface area contributed by atoms with Crippen LogP contribution in [0.5, 0.6) is 17.2 Å². The first-order valence-corrected chi connectivity index (χ1v) is 6.76. The fourth-order valence-electron chi connectivity index (χ4n) is 2.14. The van der Waals surface area contributed by atoms with E-state index in [0.29, 0.717) is 34.6 Å². The summed E-state index contributed by atoms with van der Waals surface area (Å²) in [5, 5.41) is 7.06. The molecule has 0 saturated carbocycles. The maximum absolute atomic E-state index is 5.34. The lowest BCUT2D eigenvalue weighted by Crippen LogP contribution is -1.96. The van der Waals surface area contributed by atoms with E-state index in [0.717, 1.165) is 5.56 Å². The Morgan fingerprint density at radius 2 is 1.70 bits per heavy atom. The normalized spacial score (nSPS) is 10.4. The van der Waals surface area contributed by atoms with Crippen molar-refractivity contribution in [1.29, 1.82) is 0 Å². The van der Waals surface area contributed by atoms with Crippen LogP contribution in [0.3, 0.4) is 0 Å². The third kappa shape index (κ3) is 2.78. The molecule has 0 fully saturated rings. The topological polar surface area (TPSA) is 95.0 Å². The highest BCUT2D eigenvalue weighted by Crippen LogP contribution is 2.40. The molecule has 23 heavy (non-hydrogen) atoms. The summed E-state index contributed by atoms with van der Waals surface area (Å²) >= 11 is 0. The number of aromatic amines is 1. The minimum absolute atomic E-state index is 0.491. The predicted octanol–water partition coefficient (Wildman–Crippen LogP) is 1.95. The summed E-state index contributed by atoms with van der Waals surface area (Å²) in [7, 11) is 4.67. The van der Waals surface area contributed by atoms with Crippen molar-refractivity contribution in [2.24, 2.45) is 0 Å². The molecule has 0 spiro atoms. The average Bonchev–Trinajstić information content (AvgIpc) is 3.11. The maximum Gasteiger partial charge on any atom is 0.203 e. The molecule has 0 unspecified atom stereocenters. The third-order valence-electron chi connectivity index (χ3n) is 3.21. The van der Waals surface area contributed by atoms with Gasteiger partial charge in [-0.05, 0) is 12.1 Å². The molecule has 2 aromatic heterocycles. The molecule has 3 aromatic rings. The lowest BCUT2D eigenvalue weighted by atomic mass is 10.1. The Hall–Kier alpha value is -3.16. The van der Waals surface area contributed by atoms with Gasteiger partial charge in [0.25, 0.3) is 0 Å². The van der Waals surface area contributed by atoms with Crippen LogP contribution in [-0.4, -0.2) is 46.5 Å². The molecule has 0 atom stereocenters. The Balaban J connectivity index is 2.04. The number of nitrogens with zero attached hydrogens (tertiary/aromatic N) is 4. The van der Waals surface area contributed by atoms with Crippen molar-refractivity contribution in [3.63, 3.8) is 0 Å². The Morgan fingerprint density at radius 1 is 0.957 bits per heavy atom. The van der Waals surface area contributed by atoms with Gasteiger partial charge in [-0.1, -0.05) is 0 Å². The summed E-state index contributed by atoms with van der Waals surface area (Å²) in [5.41, 5.74) is 1.34. The van der Waals surface area contributed by atoms with Crippen molar-refractivity contribution in [2.45, 2.75) is 0 Å². The van der Waals surface area contributed by atoms with Crippen molar-refractivity contribution in [1.82, 2.24) is 25.1 Å². The molecule has 0 saturated heterocycles. The van der Waals surface area contributed by atoms with E-state index in [-0.39, 0.29) is 0 Å². The summed E-state index contributed by atoms with van der Waals surface area (Å²) in [6.07, 6.45) is 4.80. The molecule has 0 radical (unpaired) electrons. The molecule has 8 heteroatoms. The number of H-pyrrole nitrogens is 1. The van der Waals surface area contributed by atoms with Gasteiger partial charge >= 0.3 is 0 Å². The van der Waals surface area contributed by atoms with E-state index in [1.807, 2.05) is 0 Å². The van der Waals surface area contributed by atoms with E-state index in [9.17, 15) is 0 Å². The van der Waals surface area contributed by atoms with Crippen molar-refractivity contribution < 1.29 is 14.2 Å². The molecule has 2 heterocycles. The molecule has 8 nitrogen and oxygen atoms in total. The quantitative estimate of drug-likeness (QED) is 0.769. The minimum Gasteiger partial charge on any atom is -0.493 e. The van der Waals surface area contributed by atoms with E-state index in [4.69, 9.17) is 14.2 Å². The summed E-state index contributed by atoms with van der Waals surface area (Å²) in [5.74, 6) is 2.61. The van der Waals surface area contributed by atoms with E-state index in [1.165, 1.54) is 0 Å². The first-order valence-electron chi connectivity index (χ1n) is 6.76. The van der Waals surface area contributed by atoms with Crippen molar-refractivity contribution >= 4 is 0 Å². The first kappa shape index (κ1) is 14.8. The number of methoxy groups -OCH3 is 3. The Morgan fingerprint density at radius 3 is 2.26 bits per heavy atom. The standard InChI is InChI=1S/C15H15N5O3/c1-21-11-6-9(7-12(22-2)13(11)23-3)14-18-15(20-19-14)10-8-16-4-5-17-10/h4-8H,1-3H3,(H,18,19,20). The average molecular weight is 313 g/mol. The number of nitrogens with one attached hydrogen (secondary N) is 1. The molecule has 0 amide bonds. The highest BCUT2D eigenvalue weighted by Gasteiger charge is 2.17. The van der Waals surface area contributed by atoms with Gasteiger partial charge in [0, 0.05) is 18.0 Å². The van der Waals surface area contributed by atoms with E-state index < -0.39 is 0 Å². The monoisotopic (exact) mass is 313 g/mol. The van der Waals surface area contributed by atoms with E-state index in [2.05, 4.69) is 25.1 Å². The minimum atomic E-state index is 0.491. The van der Waals surface area contributed by atoms with Crippen LogP contribution in [0.2, 0.25) is 0 Å². The van der Waals surface area contributed by atoms with Crippen LogP contribution in [0, 0.1) is 0 Å². The number of aromatic nitrogens is 5. The smallest absolute Gasteiger partial charge is 0.203 e. The summed E-state index contributed by atoms with van der Waals surface area (Å²) in [4.78, 5) is 12.6. The zero-order chi connectivity index (χ0) is 16.2. The van der Waals surface area contributed by atoms with Crippen molar-refractivity contribution in [3.05, 3.63) is 30.7 Å². The molecule has 0 aliphatic rings. The lowest BCUT2D eigenvalue weighted by Gasteiger charge is -2.12. The van der Waals surface area contributed by atoms with Crippen molar-refractivity contribution in [3.8, 4) is 40.2 Å². The maximum atomic E-state index is 5.34. The fourth-order valence-corrected chi connectivity index (χ4v) is 2.14. The van der Waals surface area contributed by atoms with Crippen LogP contribution in [0.1, 0.15) is 0 Å².